The van der Waals surface area contributed by atoms with E-state index in [1.165, 1.54) is 32.5 Å². The van der Waals surface area contributed by atoms with Crippen LogP contribution in [0.25, 0.3) is 0 Å². The highest BCUT2D eigenvalue weighted by molar-refractivity contribution is 4.79. The van der Waals surface area contributed by atoms with E-state index in [9.17, 15) is 0 Å². The lowest BCUT2D eigenvalue weighted by Gasteiger charge is -2.23. The van der Waals surface area contributed by atoms with Crippen LogP contribution in [0.5, 0.6) is 0 Å². The summed E-state index contributed by atoms with van der Waals surface area (Å²) in [5.74, 6) is 0. The lowest BCUT2D eigenvalue weighted by atomic mass is 10.2. The zero-order valence-electron chi connectivity index (χ0n) is 9.92. The lowest BCUT2D eigenvalue weighted by Crippen LogP contribution is -2.39. The number of nitrogens with one attached hydrogen (secondary N) is 1. The lowest BCUT2D eigenvalue weighted by molar-refractivity contribution is 0.257. The van der Waals surface area contributed by atoms with Gasteiger partial charge in [-0.05, 0) is 40.0 Å². The quantitative estimate of drug-likeness (QED) is 0.633. The van der Waals surface area contributed by atoms with Crippen LogP contribution in [0.2, 0.25) is 0 Å². The van der Waals surface area contributed by atoms with E-state index in [-0.39, 0.29) is 0 Å². The molecule has 84 valence electrons. The number of hydrogen-bond acceptors (Lipinski definition) is 3. The standard InChI is InChI=1S/C11H25N3/c1-4-14-8-5-6-11(14)10-12-7-9-13(2)3/h11-12H,4-10H2,1-3H3. The Morgan fingerprint density at radius 2 is 2.21 bits per heavy atom. The van der Waals surface area contributed by atoms with Crippen LogP contribution in [-0.4, -0.2) is 62.7 Å². The van der Waals surface area contributed by atoms with Gasteiger partial charge in [0.05, 0.1) is 0 Å². The van der Waals surface area contributed by atoms with Crippen molar-refractivity contribution in [3.63, 3.8) is 0 Å². The maximum atomic E-state index is 3.54. The smallest absolute Gasteiger partial charge is 0.0221 e. The second-order valence-electron chi connectivity index (χ2n) is 4.43. The van der Waals surface area contributed by atoms with E-state index in [4.69, 9.17) is 0 Å². The van der Waals surface area contributed by atoms with Gasteiger partial charge >= 0.3 is 0 Å². The highest BCUT2D eigenvalue weighted by atomic mass is 15.2. The maximum Gasteiger partial charge on any atom is 0.0221 e. The average Bonchev–Trinajstić information content (AvgIpc) is 2.59. The molecule has 0 bridgehead atoms. The van der Waals surface area contributed by atoms with Crippen molar-refractivity contribution < 1.29 is 0 Å². The minimum absolute atomic E-state index is 0.794. The molecule has 3 nitrogen and oxygen atoms in total. The van der Waals surface area contributed by atoms with E-state index < -0.39 is 0 Å². The molecule has 0 aromatic heterocycles. The maximum absolute atomic E-state index is 3.54. The molecule has 1 atom stereocenters. The highest BCUT2D eigenvalue weighted by Gasteiger charge is 2.21. The predicted octanol–water partition coefficient (Wildman–Crippen LogP) is 0.622. The summed E-state index contributed by atoms with van der Waals surface area (Å²) in [6, 6.07) is 0.794. The first-order valence-corrected chi connectivity index (χ1v) is 5.83. The molecule has 1 rings (SSSR count). The molecule has 0 radical (unpaired) electrons. The van der Waals surface area contributed by atoms with Gasteiger partial charge < -0.3 is 10.2 Å². The second kappa shape index (κ2) is 6.38. The summed E-state index contributed by atoms with van der Waals surface area (Å²) >= 11 is 0. The molecule has 1 N–H and O–H groups in total. The number of nitrogens with zero attached hydrogens (tertiary/aromatic N) is 2. The van der Waals surface area contributed by atoms with Crippen LogP contribution in [-0.2, 0) is 0 Å². The van der Waals surface area contributed by atoms with Crippen molar-refractivity contribution >= 4 is 0 Å². The highest BCUT2D eigenvalue weighted by Crippen LogP contribution is 2.15. The van der Waals surface area contributed by atoms with E-state index in [0.29, 0.717) is 0 Å². The van der Waals surface area contributed by atoms with E-state index in [1.807, 2.05) is 0 Å². The Kier molecular flexibility index (Phi) is 5.45. The van der Waals surface area contributed by atoms with Gasteiger partial charge in [0.25, 0.3) is 0 Å². The minimum Gasteiger partial charge on any atom is -0.314 e. The van der Waals surface area contributed by atoms with Gasteiger partial charge in [-0.25, -0.2) is 0 Å². The van der Waals surface area contributed by atoms with Crippen LogP contribution in [0.4, 0.5) is 0 Å². The summed E-state index contributed by atoms with van der Waals surface area (Å²) in [5.41, 5.74) is 0. The van der Waals surface area contributed by atoms with Crippen molar-refractivity contribution in [1.82, 2.24) is 15.1 Å². The Labute approximate surface area is 88.5 Å². The molecule has 0 aliphatic carbocycles. The molecular weight excluding hydrogens is 174 g/mol. The Balaban J connectivity index is 2.05. The topological polar surface area (TPSA) is 18.5 Å². The van der Waals surface area contributed by atoms with Gasteiger partial charge in [0.15, 0.2) is 0 Å². The number of likely N-dealkylation sites (tertiary alicyclic amines) is 1. The van der Waals surface area contributed by atoms with E-state index in [0.717, 1.165) is 19.1 Å². The SMILES string of the molecule is CCN1CCCC1CNCCN(C)C. The molecular formula is C11H25N3. The van der Waals surface area contributed by atoms with Crippen LogP contribution < -0.4 is 5.32 Å². The zero-order valence-corrected chi connectivity index (χ0v) is 9.92. The van der Waals surface area contributed by atoms with Crippen molar-refractivity contribution in [3.05, 3.63) is 0 Å². The number of rotatable bonds is 6. The van der Waals surface area contributed by atoms with Gasteiger partial charge in [-0.2, -0.15) is 0 Å². The Morgan fingerprint density at radius 3 is 2.86 bits per heavy atom. The molecule has 0 saturated carbocycles. The van der Waals surface area contributed by atoms with Gasteiger partial charge in [-0.3, -0.25) is 4.90 Å². The molecule has 1 aliphatic heterocycles. The summed E-state index contributed by atoms with van der Waals surface area (Å²) in [7, 11) is 4.24. The molecule has 0 aromatic rings. The van der Waals surface area contributed by atoms with Gasteiger partial charge in [-0.15, -0.1) is 0 Å². The minimum atomic E-state index is 0.794. The first-order chi connectivity index (χ1) is 6.74. The largest absolute Gasteiger partial charge is 0.314 e. The van der Waals surface area contributed by atoms with Crippen molar-refractivity contribution in [1.29, 1.82) is 0 Å². The van der Waals surface area contributed by atoms with Gasteiger partial charge in [0, 0.05) is 25.7 Å². The fourth-order valence-electron chi connectivity index (χ4n) is 2.11. The monoisotopic (exact) mass is 199 g/mol. The number of hydrogen-bond donors (Lipinski definition) is 1. The van der Waals surface area contributed by atoms with Gasteiger partial charge in [-0.1, -0.05) is 6.92 Å². The summed E-state index contributed by atoms with van der Waals surface area (Å²) in [6.07, 6.45) is 2.76. The van der Waals surface area contributed by atoms with Crippen molar-refractivity contribution in [3.8, 4) is 0 Å². The summed E-state index contributed by atoms with van der Waals surface area (Å²) < 4.78 is 0. The van der Waals surface area contributed by atoms with Gasteiger partial charge in [0.2, 0.25) is 0 Å². The first kappa shape index (κ1) is 12.0. The molecule has 3 heteroatoms. The third-order valence-corrected chi connectivity index (χ3v) is 3.02. The summed E-state index contributed by atoms with van der Waals surface area (Å²) in [4.78, 5) is 4.81. The third kappa shape index (κ3) is 3.95. The Hall–Kier alpha value is -0.120. The molecule has 0 spiro atoms. The molecule has 1 heterocycles. The summed E-state index contributed by atoms with van der Waals surface area (Å²) in [5, 5.41) is 3.54. The van der Waals surface area contributed by atoms with Crippen molar-refractivity contribution in [2.75, 3.05) is 46.8 Å². The molecule has 14 heavy (non-hydrogen) atoms. The van der Waals surface area contributed by atoms with Crippen molar-refractivity contribution in [2.45, 2.75) is 25.8 Å². The van der Waals surface area contributed by atoms with E-state index in [1.54, 1.807) is 0 Å². The third-order valence-electron chi connectivity index (χ3n) is 3.02. The second-order valence-corrected chi connectivity index (χ2v) is 4.43. The fraction of sp³-hybridized carbons (Fsp3) is 1.00. The van der Waals surface area contributed by atoms with Gasteiger partial charge in [0.1, 0.15) is 0 Å². The molecule has 1 aliphatic rings. The normalized spacial score (nSPS) is 23.6. The van der Waals surface area contributed by atoms with Crippen LogP contribution >= 0.6 is 0 Å². The number of likely N-dealkylation sites (N-methyl/N-ethyl adjacent to an activating group) is 2. The van der Waals surface area contributed by atoms with E-state index >= 15 is 0 Å². The molecule has 0 aromatic carbocycles. The molecule has 1 unspecified atom stereocenters. The molecule has 0 amide bonds. The molecule has 1 fully saturated rings. The fourth-order valence-corrected chi connectivity index (χ4v) is 2.11. The zero-order chi connectivity index (χ0) is 10.4. The molecule has 1 saturated heterocycles. The Bertz CT molecular complexity index is 147. The van der Waals surface area contributed by atoms with Crippen LogP contribution in [0, 0.1) is 0 Å². The van der Waals surface area contributed by atoms with Crippen LogP contribution in [0.3, 0.4) is 0 Å². The predicted molar refractivity (Wildman–Crippen MR) is 61.7 cm³/mol. The van der Waals surface area contributed by atoms with Crippen LogP contribution in [0.1, 0.15) is 19.8 Å². The van der Waals surface area contributed by atoms with Crippen molar-refractivity contribution in [2.24, 2.45) is 0 Å². The van der Waals surface area contributed by atoms with Crippen LogP contribution in [0.15, 0.2) is 0 Å². The Morgan fingerprint density at radius 1 is 1.43 bits per heavy atom. The summed E-state index contributed by atoms with van der Waals surface area (Å²) in [6.45, 7) is 8.19. The first-order valence-electron chi connectivity index (χ1n) is 5.83. The van der Waals surface area contributed by atoms with E-state index in [2.05, 4.69) is 36.1 Å². The average molecular weight is 199 g/mol.